The summed E-state index contributed by atoms with van der Waals surface area (Å²) in [4.78, 5) is 17.2. The lowest BCUT2D eigenvalue weighted by Crippen LogP contribution is -2.11. The number of ether oxygens (including phenoxy) is 1. The molecular formula is C24H17N5O3. The molecule has 0 saturated heterocycles. The van der Waals surface area contributed by atoms with Crippen LogP contribution in [0.25, 0.3) is 28.5 Å². The Morgan fingerprint density at radius 2 is 1.62 bits per heavy atom. The predicted octanol–water partition coefficient (Wildman–Crippen LogP) is 4.34. The van der Waals surface area contributed by atoms with E-state index in [-0.39, 0.29) is 6.61 Å². The number of aromatic nitrogens is 5. The Kier molecular flexibility index (Phi) is 5.24. The molecule has 5 aromatic rings. The molecule has 0 aliphatic heterocycles. The summed E-state index contributed by atoms with van der Waals surface area (Å²) in [6.07, 6.45) is 1.64. The summed E-state index contributed by atoms with van der Waals surface area (Å²) in [5.74, 6) is 0.837. The van der Waals surface area contributed by atoms with Crippen LogP contribution in [-0.4, -0.2) is 31.2 Å². The molecule has 2 aromatic heterocycles. The van der Waals surface area contributed by atoms with E-state index in [1.807, 2.05) is 66.7 Å². The summed E-state index contributed by atoms with van der Waals surface area (Å²) in [6, 6.07) is 26.0. The Labute approximate surface area is 183 Å². The molecule has 0 fully saturated rings. The molecule has 0 aliphatic carbocycles. The average Bonchev–Trinajstić information content (AvgIpc) is 3.54. The molecule has 0 spiro atoms. The van der Waals surface area contributed by atoms with E-state index in [4.69, 9.17) is 9.15 Å². The fraction of sp³-hybridized carbons (Fsp3) is 0.0417. The SMILES string of the molecule is O=C(OCc1nnnn1-c1ccccc1)c1ccccc1-c1ncc(-c2ccccc2)o1. The standard InChI is InChI=1S/C24H17N5O3/c30-24(31-16-22-26-27-28-29(22)18-11-5-2-6-12-18)20-14-8-7-13-19(20)23-25-15-21(32-23)17-9-3-1-4-10-17/h1-15H,16H2. The zero-order chi connectivity index (χ0) is 21.8. The molecule has 32 heavy (non-hydrogen) atoms. The molecule has 0 amide bonds. The molecule has 5 rings (SSSR count). The van der Waals surface area contributed by atoms with E-state index in [0.717, 1.165) is 11.3 Å². The van der Waals surface area contributed by atoms with Crippen LogP contribution in [0.2, 0.25) is 0 Å². The Morgan fingerprint density at radius 1 is 0.906 bits per heavy atom. The number of hydrogen-bond donors (Lipinski definition) is 0. The summed E-state index contributed by atoms with van der Waals surface area (Å²) in [7, 11) is 0. The van der Waals surface area contributed by atoms with Crippen molar-refractivity contribution in [3.8, 4) is 28.5 Å². The Balaban J connectivity index is 1.37. The monoisotopic (exact) mass is 423 g/mol. The van der Waals surface area contributed by atoms with Gasteiger partial charge in [-0.25, -0.2) is 9.78 Å². The van der Waals surface area contributed by atoms with Crippen molar-refractivity contribution in [2.45, 2.75) is 6.61 Å². The van der Waals surface area contributed by atoms with Gasteiger partial charge in [-0.2, -0.15) is 4.68 Å². The number of rotatable bonds is 6. The van der Waals surface area contributed by atoms with Gasteiger partial charge in [-0.05, 0) is 34.7 Å². The third-order valence-electron chi connectivity index (χ3n) is 4.81. The molecule has 0 atom stereocenters. The van der Waals surface area contributed by atoms with Gasteiger partial charge in [0.25, 0.3) is 0 Å². The van der Waals surface area contributed by atoms with Crippen LogP contribution in [0.1, 0.15) is 16.2 Å². The Morgan fingerprint density at radius 3 is 2.44 bits per heavy atom. The molecule has 0 unspecified atom stereocenters. The van der Waals surface area contributed by atoms with Gasteiger partial charge in [0.2, 0.25) is 5.89 Å². The lowest BCUT2D eigenvalue weighted by atomic mass is 10.1. The van der Waals surface area contributed by atoms with E-state index < -0.39 is 5.97 Å². The molecule has 8 nitrogen and oxygen atoms in total. The first-order chi connectivity index (χ1) is 15.8. The molecular weight excluding hydrogens is 406 g/mol. The van der Waals surface area contributed by atoms with Gasteiger partial charge in [0.1, 0.15) is 0 Å². The normalized spacial score (nSPS) is 10.8. The van der Waals surface area contributed by atoms with Gasteiger partial charge in [0.05, 0.1) is 23.0 Å². The van der Waals surface area contributed by atoms with Gasteiger partial charge >= 0.3 is 5.97 Å². The molecule has 156 valence electrons. The number of carbonyl (C=O) groups excluding carboxylic acids is 1. The van der Waals surface area contributed by atoms with Crippen LogP contribution >= 0.6 is 0 Å². The number of benzene rings is 3. The summed E-state index contributed by atoms with van der Waals surface area (Å²) in [5, 5.41) is 11.6. The van der Waals surface area contributed by atoms with Gasteiger partial charge in [-0.1, -0.05) is 60.7 Å². The van der Waals surface area contributed by atoms with Crippen molar-refractivity contribution in [2.75, 3.05) is 0 Å². The second kappa shape index (κ2) is 8.65. The largest absolute Gasteiger partial charge is 0.454 e. The fourth-order valence-corrected chi connectivity index (χ4v) is 3.26. The first kappa shape index (κ1) is 19.4. The number of oxazole rings is 1. The van der Waals surface area contributed by atoms with Crippen molar-refractivity contribution in [3.05, 3.63) is 103 Å². The van der Waals surface area contributed by atoms with Crippen molar-refractivity contribution < 1.29 is 13.9 Å². The minimum Gasteiger partial charge on any atom is -0.454 e. The number of nitrogens with zero attached hydrogens (tertiary/aromatic N) is 5. The van der Waals surface area contributed by atoms with Crippen molar-refractivity contribution in [1.29, 1.82) is 0 Å². The van der Waals surface area contributed by atoms with E-state index >= 15 is 0 Å². The molecule has 8 heteroatoms. The highest BCUT2D eigenvalue weighted by atomic mass is 16.5. The molecule has 0 N–H and O–H groups in total. The van der Waals surface area contributed by atoms with Gasteiger partial charge in [-0.3, -0.25) is 0 Å². The van der Waals surface area contributed by atoms with Crippen molar-refractivity contribution in [3.63, 3.8) is 0 Å². The third kappa shape index (κ3) is 3.89. The quantitative estimate of drug-likeness (QED) is 0.375. The number of carbonyl (C=O) groups is 1. The summed E-state index contributed by atoms with van der Waals surface area (Å²) in [6.45, 7) is -0.0874. The topological polar surface area (TPSA) is 95.9 Å². The van der Waals surface area contributed by atoms with E-state index in [2.05, 4.69) is 20.5 Å². The third-order valence-corrected chi connectivity index (χ3v) is 4.81. The maximum absolute atomic E-state index is 12.9. The molecule has 3 aromatic carbocycles. The highest BCUT2D eigenvalue weighted by molar-refractivity contribution is 5.96. The lowest BCUT2D eigenvalue weighted by molar-refractivity contribution is 0.0460. The van der Waals surface area contributed by atoms with E-state index in [1.165, 1.54) is 4.68 Å². The molecule has 0 radical (unpaired) electrons. The Hall–Kier alpha value is -4.59. The predicted molar refractivity (Wildman–Crippen MR) is 116 cm³/mol. The molecule has 0 aliphatic rings. The van der Waals surface area contributed by atoms with Crippen LogP contribution in [0, 0.1) is 0 Å². The average molecular weight is 423 g/mol. The molecule has 2 heterocycles. The van der Waals surface area contributed by atoms with Crippen LogP contribution in [-0.2, 0) is 11.3 Å². The first-order valence-corrected chi connectivity index (χ1v) is 9.90. The summed E-state index contributed by atoms with van der Waals surface area (Å²) >= 11 is 0. The molecule has 0 saturated carbocycles. The minimum atomic E-state index is -0.525. The van der Waals surface area contributed by atoms with E-state index in [9.17, 15) is 4.79 Å². The van der Waals surface area contributed by atoms with Crippen molar-refractivity contribution in [2.24, 2.45) is 0 Å². The highest BCUT2D eigenvalue weighted by Gasteiger charge is 2.19. The maximum Gasteiger partial charge on any atom is 0.339 e. The zero-order valence-electron chi connectivity index (χ0n) is 16.8. The first-order valence-electron chi connectivity index (χ1n) is 9.90. The zero-order valence-corrected chi connectivity index (χ0v) is 16.8. The van der Waals surface area contributed by atoms with Crippen LogP contribution in [0.15, 0.2) is 95.5 Å². The van der Waals surface area contributed by atoms with Gasteiger partial charge in [-0.15, -0.1) is 5.10 Å². The van der Waals surface area contributed by atoms with Crippen LogP contribution in [0.3, 0.4) is 0 Å². The number of para-hydroxylation sites is 1. The number of hydrogen-bond acceptors (Lipinski definition) is 7. The van der Waals surface area contributed by atoms with Crippen molar-refractivity contribution in [1.82, 2.24) is 25.2 Å². The van der Waals surface area contributed by atoms with E-state index in [1.54, 1.807) is 24.4 Å². The second-order valence-corrected chi connectivity index (χ2v) is 6.86. The van der Waals surface area contributed by atoms with E-state index in [0.29, 0.717) is 28.6 Å². The van der Waals surface area contributed by atoms with Gasteiger partial charge in [0, 0.05) is 5.56 Å². The van der Waals surface area contributed by atoms with Crippen LogP contribution in [0.5, 0.6) is 0 Å². The second-order valence-electron chi connectivity index (χ2n) is 6.86. The number of esters is 1. The van der Waals surface area contributed by atoms with Crippen LogP contribution in [0.4, 0.5) is 0 Å². The van der Waals surface area contributed by atoms with Crippen molar-refractivity contribution >= 4 is 5.97 Å². The van der Waals surface area contributed by atoms with Crippen LogP contribution < -0.4 is 0 Å². The number of tetrazole rings is 1. The smallest absolute Gasteiger partial charge is 0.339 e. The highest BCUT2D eigenvalue weighted by Crippen LogP contribution is 2.28. The van der Waals surface area contributed by atoms with Gasteiger partial charge < -0.3 is 9.15 Å². The molecule has 0 bridgehead atoms. The van der Waals surface area contributed by atoms with Gasteiger partial charge in [0.15, 0.2) is 18.2 Å². The summed E-state index contributed by atoms with van der Waals surface area (Å²) < 4.78 is 13.0. The lowest BCUT2D eigenvalue weighted by Gasteiger charge is -2.08. The fourth-order valence-electron chi connectivity index (χ4n) is 3.26. The Bertz CT molecular complexity index is 1350. The maximum atomic E-state index is 12.9. The summed E-state index contributed by atoms with van der Waals surface area (Å²) in [5.41, 5.74) is 2.56. The minimum absolute atomic E-state index is 0.0874.